The molecule has 0 unspecified atom stereocenters. The molecule has 35 heavy (non-hydrogen) atoms. The van der Waals surface area contributed by atoms with Crippen LogP contribution in [0.2, 0.25) is 0 Å². The van der Waals surface area contributed by atoms with Crippen LogP contribution in [0, 0.1) is 10.1 Å². The van der Waals surface area contributed by atoms with E-state index in [2.05, 4.69) is 63.3 Å². The molecule has 2 N–H and O–H groups in total. The summed E-state index contributed by atoms with van der Waals surface area (Å²) in [4.78, 5) is 17.8. The zero-order valence-corrected chi connectivity index (χ0v) is 21.7. The lowest BCUT2D eigenvalue weighted by Crippen LogP contribution is -2.62. The number of hydrogen-bond acceptors (Lipinski definition) is 10. The number of hydrogen-bond donors (Lipinski definition) is 2. The van der Waals surface area contributed by atoms with Crippen molar-refractivity contribution in [3.63, 3.8) is 0 Å². The molecule has 0 aliphatic carbocycles. The summed E-state index contributed by atoms with van der Waals surface area (Å²) in [6.45, 7) is 8.78. The summed E-state index contributed by atoms with van der Waals surface area (Å²) in [5.41, 5.74) is 1.19. The molecule has 1 saturated heterocycles. The molecule has 1 aliphatic heterocycles. The van der Waals surface area contributed by atoms with Crippen LogP contribution >= 0.6 is 24.8 Å². The van der Waals surface area contributed by atoms with Crippen LogP contribution in [-0.4, -0.2) is 64.4 Å². The van der Waals surface area contributed by atoms with Crippen LogP contribution < -0.4 is 10.2 Å². The monoisotopic (exact) mass is 525 g/mol. The van der Waals surface area contributed by atoms with Crippen LogP contribution in [0.3, 0.4) is 0 Å². The third kappa shape index (κ3) is 6.13. The molecule has 0 saturated carbocycles. The Balaban J connectivity index is 0.00000216. The quantitative estimate of drug-likeness (QED) is 0.375. The minimum Gasteiger partial charge on any atom is -0.507 e. The van der Waals surface area contributed by atoms with E-state index in [0.29, 0.717) is 22.9 Å². The fourth-order valence-corrected chi connectivity index (χ4v) is 4.58. The van der Waals surface area contributed by atoms with Crippen LogP contribution in [0.1, 0.15) is 40.5 Å². The lowest BCUT2D eigenvalue weighted by Gasteiger charge is -2.48. The summed E-state index contributed by atoms with van der Waals surface area (Å²) < 4.78 is 0. The van der Waals surface area contributed by atoms with Crippen molar-refractivity contribution < 1.29 is 10.0 Å². The van der Waals surface area contributed by atoms with E-state index in [-0.39, 0.29) is 53.5 Å². The van der Waals surface area contributed by atoms with Gasteiger partial charge in [0.05, 0.1) is 11.3 Å². The highest BCUT2D eigenvalue weighted by Gasteiger charge is 2.39. The van der Waals surface area contributed by atoms with Gasteiger partial charge in [0.2, 0.25) is 5.95 Å². The molecule has 2 aromatic heterocycles. The van der Waals surface area contributed by atoms with Crippen molar-refractivity contribution in [3.05, 3.63) is 40.7 Å². The Morgan fingerprint density at radius 3 is 2.31 bits per heavy atom. The number of anilines is 1. The van der Waals surface area contributed by atoms with Gasteiger partial charge in [-0.1, -0.05) is 4.80 Å². The second-order valence-corrected chi connectivity index (χ2v) is 9.66. The van der Waals surface area contributed by atoms with Crippen molar-refractivity contribution in [1.82, 2.24) is 35.5 Å². The highest BCUT2D eigenvalue weighted by molar-refractivity contribution is 5.85. The van der Waals surface area contributed by atoms with Crippen molar-refractivity contribution >= 4 is 36.6 Å². The summed E-state index contributed by atoms with van der Waals surface area (Å²) in [7, 11) is 1.97. The molecule has 1 aromatic carbocycles. The Bertz CT molecular complexity index is 1170. The SMILES string of the molecule is CN(c1ncc(-c2ccc(-n3ncc([N+](=O)[O-])n3)cc2O)nn1)C1CC(C)(C)NC(C)(C)C1.Cl.Cl. The topological polar surface area (TPSA) is 148 Å². The first kappa shape index (κ1) is 28.1. The zero-order valence-electron chi connectivity index (χ0n) is 20.0. The first-order valence-corrected chi connectivity index (χ1v) is 10.6. The Hall–Kier alpha value is -3.09. The average molecular weight is 526 g/mol. The number of nitro groups is 1. The maximum atomic E-state index is 10.8. The van der Waals surface area contributed by atoms with Gasteiger partial charge in [-0.15, -0.1) is 40.1 Å². The first-order chi connectivity index (χ1) is 15.4. The van der Waals surface area contributed by atoms with E-state index in [1.807, 2.05) is 7.05 Å². The fraction of sp³-hybridized carbons (Fsp3) is 0.476. The number of nitrogens with zero attached hydrogens (tertiary/aromatic N) is 8. The van der Waals surface area contributed by atoms with E-state index >= 15 is 0 Å². The molecule has 1 fully saturated rings. The van der Waals surface area contributed by atoms with Gasteiger partial charge in [0.15, 0.2) is 6.20 Å². The highest BCUT2D eigenvalue weighted by atomic mass is 35.5. The van der Waals surface area contributed by atoms with E-state index in [4.69, 9.17) is 0 Å². The largest absolute Gasteiger partial charge is 0.507 e. The van der Waals surface area contributed by atoms with E-state index in [1.165, 1.54) is 6.07 Å². The normalized spacial score (nSPS) is 16.6. The lowest BCUT2D eigenvalue weighted by atomic mass is 9.79. The van der Waals surface area contributed by atoms with E-state index in [1.54, 1.807) is 18.3 Å². The molecule has 3 aromatic rings. The van der Waals surface area contributed by atoms with Gasteiger partial charge in [-0.3, -0.25) is 0 Å². The second kappa shape index (κ2) is 10.3. The Morgan fingerprint density at radius 2 is 1.80 bits per heavy atom. The van der Waals surface area contributed by atoms with Crippen LogP contribution in [0.15, 0.2) is 30.6 Å². The molecule has 0 amide bonds. The van der Waals surface area contributed by atoms with Gasteiger partial charge in [0.1, 0.15) is 17.1 Å². The molecular formula is C21H29Cl2N9O3. The minimum atomic E-state index is -0.636. The van der Waals surface area contributed by atoms with Gasteiger partial charge in [-0.2, -0.15) is 0 Å². The molecule has 0 bridgehead atoms. The minimum absolute atomic E-state index is 0. The predicted molar refractivity (Wildman–Crippen MR) is 136 cm³/mol. The van der Waals surface area contributed by atoms with E-state index in [0.717, 1.165) is 23.8 Å². The molecule has 4 rings (SSSR count). The Labute approximate surface area is 215 Å². The zero-order chi connectivity index (χ0) is 24.0. The number of phenolic OH excluding ortho intramolecular Hbond substituents is 1. The van der Waals surface area contributed by atoms with Crippen molar-refractivity contribution in [3.8, 4) is 22.7 Å². The van der Waals surface area contributed by atoms with Gasteiger partial charge in [-0.05, 0) is 57.6 Å². The molecule has 12 nitrogen and oxygen atoms in total. The van der Waals surface area contributed by atoms with Crippen LogP contribution in [0.5, 0.6) is 5.75 Å². The molecule has 190 valence electrons. The summed E-state index contributed by atoms with van der Waals surface area (Å²) in [6, 6.07) is 4.90. The van der Waals surface area contributed by atoms with Crippen molar-refractivity contribution in [2.24, 2.45) is 0 Å². The summed E-state index contributed by atoms with van der Waals surface area (Å²) in [6.07, 6.45) is 4.50. The maximum Gasteiger partial charge on any atom is 0.410 e. The van der Waals surface area contributed by atoms with Crippen molar-refractivity contribution in [2.45, 2.75) is 57.7 Å². The van der Waals surface area contributed by atoms with Crippen molar-refractivity contribution in [1.29, 1.82) is 0 Å². The number of halogens is 2. The summed E-state index contributed by atoms with van der Waals surface area (Å²) in [5, 5.41) is 41.2. The van der Waals surface area contributed by atoms with Gasteiger partial charge in [0, 0.05) is 35.8 Å². The number of aromatic hydroxyl groups is 1. The molecule has 0 atom stereocenters. The first-order valence-electron chi connectivity index (χ1n) is 10.6. The van der Waals surface area contributed by atoms with Crippen LogP contribution in [-0.2, 0) is 0 Å². The second-order valence-electron chi connectivity index (χ2n) is 9.66. The number of benzene rings is 1. The number of nitrogens with one attached hydrogen (secondary N) is 1. The maximum absolute atomic E-state index is 10.8. The number of phenols is 1. The number of aromatic nitrogens is 6. The molecular weight excluding hydrogens is 497 g/mol. The number of piperidine rings is 1. The molecule has 14 heteroatoms. The lowest BCUT2D eigenvalue weighted by molar-refractivity contribution is -0.389. The van der Waals surface area contributed by atoms with Crippen LogP contribution in [0.4, 0.5) is 11.8 Å². The molecule has 1 aliphatic rings. The standard InChI is InChI=1S/C21H27N9O3.2ClH/c1-20(2)9-14(10-21(3,4)27-20)28(5)19-22-11-16(24-25-19)15-7-6-13(8-17(15)31)29-23-12-18(26-29)30(32)33;;/h6-8,11-12,14,27,31H,9-10H2,1-5H3;2*1H. The third-order valence-electron chi connectivity index (χ3n) is 5.74. The summed E-state index contributed by atoms with van der Waals surface area (Å²) in [5.74, 6) is 0.0433. The van der Waals surface area contributed by atoms with Crippen molar-refractivity contribution in [2.75, 3.05) is 11.9 Å². The Kier molecular flexibility index (Phi) is 8.25. The predicted octanol–water partition coefficient (Wildman–Crippen LogP) is 3.32. The summed E-state index contributed by atoms with van der Waals surface area (Å²) >= 11 is 0. The fourth-order valence-electron chi connectivity index (χ4n) is 4.58. The average Bonchev–Trinajstić information content (AvgIpc) is 3.22. The molecule has 0 radical (unpaired) electrons. The van der Waals surface area contributed by atoms with Gasteiger partial charge in [0.25, 0.3) is 0 Å². The third-order valence-corrected chi connectivity index (χ3v) is 5.74. The highest BCUT2D eigenvalue weighted by Crippen LogP contribution is 2.33. The van der Waals surface area contributed by atoms with Crippen LogP contribution in [0.25, 0.3) is 16.9 Å². The molecule has 0 spiro atoms. The van der Waals surface area contributed by atoms with Gasteiger partial charge < -0.3 is 25.4 Å². The smallest absolute Gasteiger partial charge is 0.410 e. The number of rotatable bonds is 5. The Morgan fingerprint density at radius 1 is 1.14 bits per heavy atom. The van der Waals surface area contributed by atoms with Gasteiger partial charge >= 0.3 is 5.82 Å². The van der Waals surface area contributed by atoms with Gasteiger partial charge in [-0.25, -0.2) is 4.98 Å². The van der Waals surface area contributed by atoms with E-state index in [9.17, 15) is 15.2 Å². The van der Waals surface area contributed by atoms with E-state index < -0.39 is 4.92 Å². The molecule has 3 heterocycles.